The summed E-state index contributed by atoms with van der Waals surface area (Å²) in [7, 11) is 0. The molecule has 0 saturated heterocycles. The molecule has 0 bridgehead atoms. The maximum absolute atomic E-state index is 11.9. The van der Waals surface area contributed by atoms with Crippen LogP contribution < -0.4 is 10.6 Å². The lowest BCUT2D eigenvalue weighted by Crippen LogP contribution is -2.27. The van der Waals surface area contributed by atoms with Gasteiger partial charge in [0.05, 0.1) is 0 Å². The highest BCUT2D eigenvalue weighted by molar-refractivity contribution is 5.94. The van der Waals surface area contributed by atoms with Crippen molar-refractivity contribution < 1.29 is 4.79 Å². The van der Waals surface area contributed by atoms with Crippen molar-refractivity contribution in [2.75, 3.05) is 19.6 Å². The first kappa shape index (κ1) is 15.7. The fourth-order valence-electron chi connectivity index (χ4n) is 1.82. The van der Waals surface area contributed by atoms with Crippen LogP contribution in [0.15, 0.2) is 24.3 Å². The molecule has 0 unspecified atom stereocenters. The van der Waals surface area contributed by atoms with Gasteiger partial charge in [0.15, 0.2) is 0 Å². The number of nitrogens with one attached hydrogen (secondary N) is 2. The van der Waals surface area contributed by atoms with Crippen LogP contribution in [0.1, 0.15) is 50.0 Å². The topological polar surface area (TPSA) is 41.1 Å². The number of hydrogen-bond acceptors (Lipinski definition) is 2. The van der Waals surface area contributed by atoms with E-state index in [9.17, 15) is 4.79 Å². The van der Waals surface area contributed by atoms with Crippen LogP contribution in [0.25, 0.3) is 0 Å². The van der Waals surface area contributed by atoms with Gasteiger partial charge in [0.1, 0.15) is 0 Å². The van der Waals surface area contributed by atoms with Crippen molar-refractivity contribution in [2.45, 2.75) is 39.5 Å². The molecule has 1 aromatic carbocycles. The molecule has 0 heterocycles. The Kier molecular flexibility index (Phi) is 6.03. The molecule has 3 heteroatoms. The highest BCUT2D eigenvalue weighted by Crippen LogP contribution is 2.22. The summed E-state index contributed by atoms with van der Waals surface area (Å²) in [6, 6.07) is 7.88. The van der Waals surface area contributed by atoms with E-state index in [1.807, 2.05) is 24.3 Å². The monoisotopic (exact) mass is 262 g/mol. The fraction of sp³-hybridized carbons (Fsp3) is 0.562. The summed E-state index contributed by atoms with van der Waals surface area (Å²) < 4.78 is 0. The fourth-order valence-corrected chi connectivity index (χ4v) is 1.82. The molecule has 0 spiro atoms. The van der Waals surface area contributed by atoms with Gasteiger partial charge in [-0.05, 0) is 42.6 Å². The predicted octanol–water partition coefficient (Wildman–Crippen LogP) is 2.71. The molecule has 106 valence electrons. The second-order valence-electron chi connectivity index (χ2n) is 5.79. The second kappa shape index (κ2) is 7.29. The molecule has 0 aromatic heterocycles. The third-order valence-electron chi connectivity index (χ3n) is 3.08. The Morgan fingerprint density at radius 1 is 1.11 bits per heavy atom. The Hall–Kier alpha value is -1.35. The van der Waals surface area contributed by atoms with Crippen LogP contribution in [-0.4, -0.2) is 25.5 Å². The number of carbonyl (C=O) groups excluding carboxylic acids is 1. The zero-order chi connectivity index (χ0) is 14.3. The van der Waals surface area contributed by atoms with E-state index < -0.39 is 0 Å². The van der Waals surface area contributed by atoms with Crippen LogP contribution in [0.2, 0.25) is 0 Å². The van der Waals surface area contributed by atoms with Crippen LogP contribution in [0, 0.1) is 0 Å². The standard InChI is InChI=1S/C16H26N2O/c1-5-17-11-6-12-18-15(19)13-7-9-14(10-8-13)16(2,3)4/h7-10,17H,5-6,11-12H2,1-4H3,(H,18,19). The van der Waals surface area contributed by atoms with Gasteiger partial charge in [0, 0.05) is 12.1 Å². The van der Waals surface area contributed by atoms with Gasteiger partial charge >= 0.3 is 0 Å². The smallest absolute Gasteiger partial charge is 0.251 e. The molecule has 0 radical (unpaired) electrons. The van der Waals surface area contributed by atoms with E-state index in [1.54, 1.807) is 0 Å². The lowest BCUT2D eigenvalue weighted by molar-refractivity contribution is 0.0953. The molecule has 1 rings (SSSR count). The Labute approximate surface area is 116 Å². The van der Waals surface area contributed by atoms with Gasteiger partial charge in [0.25, 0.3) is 5.91 Å². The lowest BCUT2D eigenvalue weighted by Gasteiger charge is -2.19. The van der Waals surface area contributed by atoms with Crippen LogP contribution in [0.4, 0.5) is 0 Å². The first-order chi connectivity index (χ1) is 8.95. The zero-order valence-electron chi connectivity index (χ0n) is 12.5. The van der Waals surface area contributed by atoms with Crippen molar-refractivity contribution >= 4 is 5.91 Å². The molecule has 0 fully saturated rings. The molecule has 1 aromatic rings. The van der Waals surface area contributed by atoms with Gasteiger partial charge in [0.2, 0.25) is 0 Å². The van der Waals surface area contributed by atoms with Crippen LogP contribution >= 0.6 is 0 Å². The van der Waals surface area contributed by atoms with E-state index in [4.69, 9.17) is 0 Å². The first-order valence-electron chi connectivity index (χ1n) is 7.04. The maximum Gasteiger partial charge on any atom is 0.251 e. The van der Waals surface area contributed by atoms with Gasteiger partial charge < -0.3 is 10.6 Å². The quantitative estimate of drug-likeness (QED) is 0.774. The SMILES string of the molecule is CCNCCCNC(=O)c1ccc(C(C)(C)C)cc1. The van der Waals surface area contributed by atoms with E-state index >= 15 is 0 Å². The molecule has 0 aliphatic heterocycles. The lowest BCUT2D eigenvalue weighted by atomic mass is 9.87. The van der Waals surface area contributed by atoms with Gasteiger partial charge in [-0.3, -0.25) is 4.79 Å². The molecule has 1 amide bonds. The molecule has 0 atom stereocenters. The normalized spacial score (nSPS) is 11.4. The minimum atomic E-state index is 0.0111. The van der Waals surface area contributed by atoms with Crippen LogP contribution in [0.3, 0.4) is 0 Å². The summed E-state index contributed by atoms with van der Waals surface area (Å²) >= 11 is 0. The van der Waals surface area contributed by atoms with Crippen molar-refractivity contribution in [1.82, 2.24) is 10.6 Å². The summed E-state index contributed by atoms with van der Waals surface area (Å²) in [6.07, 6.45) is 0.958. The van der Waals surface area contributed by atoms with E-state index in [0.717, 1.165) is 25.1 Å². The minimum absolute atomic E-state index is 0.0111. The highest BCUT2D eigenvalue weighted by Gasteiger charge is 2.13. The van der Waals surface area contributed by atoms with Crippen molar-refractivity contribution in [3.63, 3.8) is 0 Å². The zero-order valence-corrected chi connectivity index (χ0v) is 12.5. The van der Waals surface area contributed by atoms with E-state index in [1.165, 1.54) is 5.56 Å². The molecular weight excluding hydrogens is 236 g/mol. The Morgan fingerprint density at radius 3 is 2.26 bits per heavy atom. The van der Waals surface area contributed by atoms with Crippen molar-refractivity contribution in [2.24, 2.45) is 0 Å². The Morgan fingerprint density at radius 2 is 1.74 bits per heavy atom. The van der Waals surface area contributed by atoms with Crippen molar-refractivity contribution in [3.05, 3.63) is 35.4 Å². The van der Waals surface area contributed by atoms with Crippen LogP contribution in [-0.2, 0) is 5.41 Å². The molecular formula is C16H26N2O. The maximum atomic E-state index is 11.9. The minimum Gasteiger partial charge on any atom is -0.352 e. The number of carbonyl (C=O) groups is 1. The first-order valence-corrected chi connectivity index (χ1v) is 7.04. The highest BCUT2D eigenvalue weighted by atomic mass is 16.1. The van der Waals surface area contributed by atoms with Crippen molar-refractivity contribution in [1.29, 1.82) is 0 Å². The summed E-state index contributed by atoms with van der Waals surface area (Å²) in [5.41, 5.74) is 2.11. The number of amides is 1. The van der Waals surface area contributed by atoms with Gasteiger partial charge in [-0.1, -0.05) is 39.8 Å². The summed E-state index contributed by atoms with van der Waals surface area (Å²) in [5.74, 6) is 0.0111. The molecule has 2 N–H and O–H groups in total. The van der Waals surface area contributed by atoms with Crippen LogP contribution in [0.5, 0.6) is 0 Å². The van der Waals surface area contributed by atoms with Gasteiger partial charge in [-0.15, -0.1) is 0 Å². The van der Waals surface area contributed by atoms with Crippen molar-refractivity contribution in [3.8, 4) is 0 Å². The predicted molar refractivity (Wildman–Crippen MR) is 80.6 cm³/mol. The summed E-state index contributed by atoms with van der Waals surface area (Å²) in [5, 5.41) is 6.17. The third-order valence-corrected chi connectivity index (χ3v) is 3.08. The van der Waals surface area contributed by atoms with E-state index in [-0.39, 0.29) is 11.3 Å². The third kappa shape index (κ3) is 5.43. The number of hydrogen-bond donors (Lipinski definition) is 2. The summed E-state index contributed by atoms with van der Waals surface area (Å²) in [6.45, 7) is 11.2. The molecule has 19 heavy (non-hydrogen) atoms. The Bertz CT molecular complexity index is 390. The molecule has 3 nitrogen and oxygen atoms in total. The average Bonchev–Trinajstić information content (AvgIpc) is 2.37. The summed E-state index contributed by atoms with van der Waals surface area (Å²) in [4.78, 5) is 11.9. The van der Waals surface area contributed by atoms with E-state index in [2.05, 4.69) is 38.3 Å². The number of benzene rings is 1. The molecule has 0 aliphatic rings. The van der Waals surface area contributed by atoms with Gasteiger partial charge in [-0.2, -0.15) is 0 Å². The van der Waals surface area contributed by atoms with Gasteiger partial charge in [-0.25, -0.2) is 0 Å². The van der Waals surface area contributed by atoms with E-state index in [0.29, 0.717) is 6.54 Å². The number of rotatable bonds is 6. The Balaban J connectivity index is 2.45. The average molecular weight is 262 g/mol. The molecule has 0 saturated carbocycles. The molecule has 0 aliphatic carbocycles. The second-order valence-corrected chi connectivity index (χ2v) is 5.79. The largest absolute Gasteiger partial charge is 0.352 e.